The van der Waals surface area contributed by atoms with E-state index in [4.69, 9.17) is 14.4 Å². The SMILES string of the molecule is C=C1C(/C=C\C=C/C)=CN(CCCCCc2cc(COCCC(=O)O)on2)C1C. The normalized spacial score (nSPS) is 17.0. The van der Waals surface area contributed by atoms with Crippen LogP contribution in [0.25, 0.3) is 0 Å². The maximum Gasteiger partial charge on any atom is 0.305 e. The third-order valence-corrected chi connectivity index (χ3v) is 4.92. The van der Waals surface area contributed by atoms with Gasteiger partial charge in [0.25, 0.3) is 0 Å². The first kappa shape index (κ1) is 22.7. The molecule has 0 aliphatic carbocycles. The van der Waals surface area contributed by atoms with Gasteiger partial charge in [-0.2, -0.15) is 0 Å². The summed E-state index contributed by atoms with van der Waals surface area (Å²) in [6.07, 6.45) is 14.6. The van der Waals surface area contributed by atoms with Gasteiger partial charge in [-0.05, 0) is 44.3 Å². The summed E-state index contributed by atoms with van der Waals surface area (Å²) in [5, 5.41) is 12.6. The molecule has 2 heterocycles. The lowest BCUT2D eigenvalue weighted by Gasteiger charge is -2.22. The molecule has 6 heteroatoms. The molecule has 1 aromatic rings. The molecule has 0 bridgehead atoms. The van der Waals surface area contributed by atoms with E-state index in [-0.39, 0.29) is 19.6 Å². The van der Waals surface area contributed by atoms with Crippen molar-refractivity contribution in [3.05, 3.63) is 65.7 Å². The van der Waals surface area contributed by atoms with Gasteiger partial charge < -0.3 is 19.3 Å². The zero-order valence-corrected chi connectivity index (χ0v) is 17.5. The van der Waals surface area contributed by atoms with Gasteiger partial charge in [-0.3, -0.25) is 4.79 Å². The molecule has 1 atom stereocenters. The number of aryl methyl sites for hydroxylation is 1. The van der Waals surface area contributed by atoms with Crippen LogP contribution in [-0.4, -0.2) is 40.3 Å². The second-order valence-electron chi connectivity index (χ2n) is 7.20. The first-order chi connectivity index (χ1) is 14.0. The molecule has 29 heavy (non-hydrogen) atoms. The average Bonchev–Trinajstić information content (AvgIpc) is 3.25. The molecule has 0 saturated carbocycles. The average molecular weight is 401 g/mol. The Hall–Kier alpha value is -2.60. The van der Waals surface area contributed by atoms with E-state index in [9.17, 15) is 4.79 Å². The molecule has 0 fully saturated rings. The van der Waals surface area contributed by atoms with Crippen molar-refractivity contribution in [3.63, 3.8) is 0 Å². The van der Waals surface area contributed by atoms with Gasteiger partial charge in [-0.1, -0.05) is 42.5 Å². The molecule has 1 aromatic heterocycles. The predicted octanol–water partition coefficient (Wildman–Crippen LogP) is 4.66. The highest BCUT2D eigenvalue weighted by atomic mass is 16.5. The Balaban J connectivity index is 1.64. The molecule has 1 aliphatic rings. The van der Waals surface area contributed by atoms with E-state index in [2.05, 4.69) is 41.9 Å². The van der Waals surface area contributed by atoms with Crippen LogP contribution in [0, 0.1) is 0 Å². The first-order valence-electron chi connectivity index (χ1n) is 10.2. The topological polar surface area (TPSA) is 75.8 Å². The highest BCUT2D eigenvalue weighted by Crippen LogP contribution is 2.27. The fraction of sp³-hybridized carbons (Fsp3) is 0.478. The summed E-state index contributed by atoms with van der Waals surface area (Å²) in [5.41, 5.74) is 3.30. The van der Waals surface area contributed by atoms with Gasteiger partial charge >= 0.3 is 5.97 Å². The van der Waals surface area contributed by atoms with Crippen LogP contribution in [0.15, 0.2) is 58.8 Å². The Morgan fingerprint density at radius 3 is 2.97 bits per heavy atom. The van der Waals surface area contributed by atoms with Crippen molar-refractivity contribution < 1.29 is 19.2 Å². The number of carboxylic acid groups (broad SMARTS) is 1. The number of allylic oxidation sites excluding steroid dienone is 4. The van der Waals surface area contributed by atoms with Crippen LogP contribution < -0.4 is 0 Å². The number of carboxylic acids is 1. The monoisotopic (exact) mass is 400 g/mol. The Bertz CT molecular complexity index is 761. The number of ether oxygens (including phenoxy) is 1. The number of rotatable bonds is 13. The van der Waals surface area contributed by atoms with Crippen molar-refractivity contribution in [3.8, 4) is 0 Å². The zero-order chi connectivity index (χ0) is 21.1. The van der Waals surface area contributed by atoms with Crippen molar-refractivity contribution in [2.45, 2.75) is 58.6 Å². The Morgan fingerprint density at radius 1 is 1.38 bits per heavy atom. The lowest BCUT2D eigenvalue weighted by Crippen LogP contribution is -2.25. The van der Waals surface area contributed by atoms with Crippen molar-refractivity contribution in [1.29, 1.82) is 0 Å². The minimum atomic E-state index is -0.868. The quantitative estimate of drug-likeness (QED) is 0.383. The number of carbonyl (C=O) groups is 1. The van der Waals surface area contributed by atoms with Gasteiger partial charge in [0, 0.05) is 18.8 Å². The Labute approximate surface area is 173 Å². The zero-order valence-electron chi connectivity index (χ0n) is 17.5. The Morgan fingerprint density at radius 2 is 2.21 bits per heavy atom. The highest BCUT2D eigenvalue weighted by Gasteiger charge is 2.22. The first-order valence-corrected chi connectivity index (χ1v) is 10.2. The molecule has 0 spiro atoms. The van der Waals surface area contributed by atoms with Crippen molar-refractivity contribution >= 4 is 5.97 Å². The van der Waals surface area contributed by atoms with E-state index in [1.807, 2.05) is 25.1 Å². The van der Waals surface area contributed by atoms with Gasteiger partial charge in [0.2, 0.25) is 0 Å². The van der Waals surface area contributed by atoms with E-state index in [0.717, 1.165) is 37.9 Å². The standard InChI is InChI=1S/C23H32N2O4/c1-4-5-7-10-20-16-25(19(3)18(20)2)13-9-6-8-11-21-15-22(29-24-21)17-28-14-12-23(26)27/h4-5,7,10,15-16,19H,2,6,8-9,11-14,17H2,1,3H3,(H,26,27)/b5-4-,10-7-. The maximum absolute atomic E-state index is 10.4. The summed E-state index contributed by atoms with van der Waals surface area (Å²) in [6, 6.07) is 2.24. The Kier molecular flexibility index (Phi) is 9.44. The lowest BCUT2D eigenvalue weighted by atomic mass is 10.1. The van der Waals surface area contributed by atoms with E-state index < -0.39 is 5.97 Å². The molecule has 0 radical (unpaired) electrons. The fourth-order valence-corrected chi connectivity index (χ4v) is 3.14. The minimum Gasteiger partial charge on any atom is -0.481 e. The summed E-state index contributed by atoms with van der Waals surface area (Å²) in [6.45, 7) is 9.88. The fourth-order valence-electron chi connectivity index (χ4n) is 3.14. The number of hydrogen-bond acceptors (Lipinski definition) is 5. The van der Waals surface area contributed by atoms with Gasteiger partial charge in [-0.25, -0.2) is 0 Å². The van der Waals surface area contributed by atoms with Crippen LogP contribution in [0.3, 0.4) is 0 Å². The second-order valence-corrected chi connectivity index (χ2v) is 7.20. The van der Waals surface area contributed by atoms with E-state index in [1.165, 1.54) is 11.1 Å². The van der Waals surface area contributed by atoms with Gasteiger partial charge in [0.05, 0.1) is 24.8 Å². The predicted molar refractivity (Wildman–Crippen MR) is 113 cm³/mol. The molecule has 1 N–H and O–H groups in total. The molecule has 1 unspecified atom stereocenters. The third kappa shape index (κ3) is 7.74. The second kappa shape index (κ2) is 12.1. The van der Waals surface area contributed by atoms with Crippen molar-refractivity contribution in [2.75, 3.05) is 13.2 Å². The van der Waals surface area contributed by atoms with Crippen LogP contribution in [-0.2, 0) is 22.6 Å². The van der Waals surface area contributed by atoms with Crippen LogP contribution in [0.5, 0.6) is 0 Å². The van der Waals surface area contributed by atoms with Crippen LogP contribution in [0.1, 0.15) is 51.0 Å². The number of unbranched alkanes of at least 4 members (excludes halogenated alkanes) is 2. The lowest BCUT2D eigenvalue weighted by molar-refractivity contribution is -0.138. The van der Waals surface area contributed by atoms with Crippen molar-refractivity contribution in [2.24, 2.45) is 0 Å². The molecular weight excluding hydrogens is 368 g/mol. The van der Waals surface area contributed by atoms with Crippen LogP contribution in [0.2, 0.25) is 0 Å². The summed E-state index contributed by atoms with van der Waals surface area (Å²) >= 11 is 0. The third-order valence-electron chi connectivity index (χ3n) is 4.92. The summed E-state index contributed by atoms with van der Waals surface area (Å²) in [5.74, 6) is -0.230. The van der Waals surface area contributed by atoms with Gasteiger partial charge in [-0.15, -0.1) is 0 Å². The molecule has 0 amide bonds. The van der Waals surface area contributed by atoms with Gasteiger partial charge in [0.15, 0.2) is 5.76 Å². The van der Waals surface area contributed by atoms with E-state index in [1.54, 1.807) is 0 Å². The molecule has 6 nitrogen and oxygen atoms in total. The summed E-state index contributed by atoms with van der Waals surface area (Å²) in [4.78, 5) is 12.8. The van der Waals surface area contributed by atoms with E-state index in [0.29, 0.717) is 11.8 Å². The van der Waals surface area contributed by atoms with E-state index >= 15 is 0 Å². The minimum absolute atomic E-state index is 0.00721. The van der Waals surface area contributed by atoms with Crippen molar-refractivity contribution in [1.82, 2.24) is 10.1 Å². The molecule has 0 saturated heterocycles. The molecule has 158 valence electrons. The molecule has 0 aromatic carbocycles. The number of nitrogens with zero attached hydrogens (tertiary/aromatic N) is 2. The molecule has 1 aliphatic heterocycles. The molecule has 2 rings (SSSR count). The highest BCUT2D eigenvalue weighted by molar-refractivity contribution is 5.66. The number of hydrogen-bond donors (Lipinski definition) is 1. The smallest absolute Gasteiger partial charge is 0.305 e. The molecular formula is C23H32N2O4. The summed E-state index contributed by atoms with van der Waals surface area (Å²) in [7, 11) is 0. The summed E-state index contributed by atoms with van der Waals surface area (Å²) < 4.78 is 10.5. The van der Waals surface area contributed by atoms with Gasteiger partial charge in [0.1, 0.15) is 6.61 Å². The maximum atomic E-state index is 10.4. The van der Waals surface area contributed by atoms with Crippen LogP contribution in [0.4, 0.5) is 0 Å². The number of aromatic nitrogens is 1. The number of aliphatic carboxylic acids is 1. The largest absolute Gasteiger partial charge is 0.481 e. The van der Waals surface area contributed by atoms with Crippen LogP contribution >= 0.6 is 0 Å².